The lowest BCUT2D eigenvalue weighted by molar-refractivity contribution is -0.0485. The Bertz CT molecular complexity index is 617. The lowest BCUT2D eigenvalue weighted by atomic mass is 9.93. The van der Waals surface area contributed by atoms with Gasteiger partial charge in [0.15, 0.2) is 11.6 Å². The summed E-state index contributed by atoms with van der Waals surface area (Å²) in [6.45, 7) is 4.55. The highest BCUT2D eigenvalue weighted by atomic mass is 19.2. The fourth-order valence-electron chi connectivity index (χ4n) is 4.39. The van der Waals surface area contributed by atoms with Crippen LogP contribution in [0.1, 0.15) is 18.1 Å². The molecule has 24 heavy (non-hydrogen) atoms. The van der Waals surface area contributed by atoms with Gasteiger partial charge in [0.2, 0.25) is 0 Å². The van der Waals surface area contributed by atoms with E-state index < -0.39 is 29.6 Å². The minimum absolute atomic E-state index is 0.124. The van der Waals surface area contributed by atoms with Crippen LogP contribution < -0.4 is 11.1 Å². The van der Waals surface area contributed by atoms with Gasteiger partial charge in [-0.05, 0) is 37.4 Å². The fraction of sp³-hybridized carbons (Fsp3) is 0.647. The lowest BCUT2D eigenvalue weighted by Gasteiger charge is -2.39. The van der Waals surface area contributed by atoms with Crippen LogP contribution in [0.2, 0.25) is 0 Å². The zero-order valence-corrected chi connectivity index (χ0v) is 13.4. The number of ether oxygens (including phenoxy) is 1. The molecular formula is C17H22F3N3O. The van der Waals surface area contributed by atoms with Crippen LogP contribution in [0.15, 0.2) is 12.1 Å². The summed E-state index contributed by atoms with van der Waals surface area (Å²) in [5, 5.41) is 3.41. The molecule has 3 aliphatic heterocycles. The van der Waals surface area contributed by atoms with Crippen molar-refractivity contribution in [2.45, 2.75) is 24.6 Å². The van der Waals surface area contributed by atoms with Crippen molar-refractivity contribution in [3.63, 3.8) is 0 Å². The maximum Gasteiger partial charge on any atom is 0.164 e. The largest absolute Gasteiger partial charge is 0.370 e. The topological polar surface area (TPSA) is 50.5 Å². The molecule has 132 valence electrons. The lowest BCUT2D eigenvalue weighted by Crippen LogP contribution is -2.49. The van der Waals surface area contributed by atoms with Crippen LogP contribution in [0.4, 0.5) is 13.2 Å². The van der Waals surface area contributed by atoms with Crippen LogP contribution in [0.5, 0.6) is 0 Å². The molecule has 1 aromatic rings. The Hall–Kier alpha value is -1.15. The molecule has 3 aliphatic rings. The Morgan fingerprint density at radius 3 is 2.50 bits per heavy atom. The molecule has 3 heterocycles. The van der Waals surface area contributed by atoms with E-state index in [9.17, 15) is 13.2 Å². The maximum atomic E-state index is 14.0. The van der Waals surface area contributed by atoms with Crippen LogP contribution in [0.25, 0.3) is 0 Å². The van der Waals surface area contributed by atoms with Gasteiger partial charge in [0, 0.05) is 36.8 Å². The molecule has 3 fully saturated rings. The summed E-state index contributed by atoms with van der Waals surface area (Å²) in [6, 6.07) is 1.21. The van der Waals surface area contributed by atoms with Gasteiger partial charge in [-0.1, -0.05) is 0 Å². The van der Waals surface area contributed by atoms with Crippen LogP contribution >= 0.6 is 0 Å². The summed E-state index contributed by atoms with van der Waals surface area (Å²) in [7, 11) is 0. The highest BCUT2D eigenvalue weighted by Crippen LogP contribution is 2.35. The molecule has 4 rings (SSSR count). The second kappa shape index (κ2) is 6.29. The molecule has 0 amide bonds. The molecule has 0 radical (unpaired) electrons. The van der Waals surface area contributed by atoms with Crippen LogP contribution in [-0.4, -0.2) is 49.8 Å². The molecule has 3 saturated heterocycles. The Morgan fingerprint density at radius 2 is 1.83 bits per heavy atom. The summed E-state index contributed by atoms with van der Waals surface area (Å²) in [5.41, 5.74) is 6.05. The van der Waals surface area contributed by atoms with Gasteiger partial charge in [-0.15, -0.1) is 0 Å². The number of likely N-dealkylation sites (tertiary alicyclic amines) is 1. The Balaban J connectivity index is 1.45. The number of fused-ring (bicyclic) bond motifs is 1. The van der Waals surface area contributed by atoms with Crippen molar-refractivity contribution < 1.29 is 17.9 Å². The quantitative estimate of drug-likeness (QED) is 0.799. The summed E-state index contributed by atoms with van der Waals surface area (Å²) >= 11 is 0. The normalized spacial score (nSPS) is 36.9. The van der Waals surface area contributed by atoms with Gasteiger partial charge in [-0.2, -0.15) is 0 Å². The predicted octanol–water partition coefficient (Wildman–Crippen LogP) is 1.41. The van der Waals surface area contributed by atoms with E-state index in [4.69, 9.17) is 10.5 Å². The van der Waals surface area contributed by atoms with Gasteiger partial charge in [-0.25, -0.2) is 13.2 Å². The second-order valence-electron chi connectivity index (χ2n) is 7.23. The van der Waals surface area contributed by atoms with Crippen LogP contribution in [-0.2, 0) is 4.74 Å². The van der Waals surface area contributed by atoms with Crippen molar-refractivity contribution in [2.24, 2.45) is 17.6 Å². The third kappa shape index (κ3) is 2.83. The zero-order chi connectivity index (χ0) is 16.8. The summed E-state index contributed by atoms with van der Waals surface area (Å²) in [5.74, 6) is -1.75. The Labute approximate surface area is 139 Å². The van der Waals surface area contributed by atoms with E-state index in [1.54, 1.807) is 0 Å². The first-order valence-corrected chi connectivity index (χ1v) is 8.49. The summed E-state index contributed by atoms with van der Waals surface area (Å²) < 4.78 is 46.6. The fourth-order valence-corrected chi connectivity index (χ4v) is 4.39. The minimum Gasteiger partial charge on any atom is -0.370 e. The smallest absolute Gasteiger partial charge is 0.164 e. The maximum absolute atomic E-state index is 14.0. The van der Waals surface area contributed by atoms with E-state index in [1.807, 2.05) is 0 Å². The number of hydrogen-bond donors (Lipinski definition) is 2. The average molecular weight is 341 g/mol. The van der Waals surface area contributed by atoms with E-state index >= 15 is 0 Å². The van der Waals surface area contributed by atoms with Gasteiger partial charge in [-0.3, -0.25) is 4.90 Å². The third-order valence-corrected chi connectivity index (χ3v) is 5.66. The molecule has 0 bridgehead atoms. The van der Waals surface area contributed by atoms with Gasteiger partial charge < -0.3 is 15.8 Å². The predicted molar refractivity (Wildman–Crippen MR) is 82.8 cm³/mol. The Morgan fingerprint density at radius 1 is 1.12 bits per heavy atom. The molecular weight excluding hydrogens is 319 g/mol. The van der Waals surface area contributed by atoms with E-state index in [-0.39, 0.29) is 11.6 Å². The van der Waals surface area contributed by atoms with Gasteiger partial charge in [0.1, 0.15) is 11.9 Å². The van der Waals surface area contributed by atoms with Crippen molar-refractivity contribution >= 4 is 0 Å². The number of halogens is 3. The molecule has 3 N–H and O–H groups in total. The molecule has 0 spiro atoms. The molecule has 5 atom stereocenters. The SMILES string of the molecule is NC1CC(N2CC3CNCC3C2)COC1c1cc(F)cc(F)c1F. The highest BCUT2D eigenvalue weighted by molar-refractivity contribution is 5.24. The molecule has 0 aliphatic carbocycles. The van der Waals surface area contributed by atoms with E-state index in [0.717, 1.165) is 32.2 Å². The molecule has 7 heteroatoms. The average Bonchev–Trinajstić information content (AvgIpc) is 3.12. The standard InChI is InChI=1S/C17H22F3N3O/c18-11-1-13(16(20)14(19)2-11)17-15(21)3-12(8-24-17)23-6-9-4-22-5-10(9)7-23/h1-2,9-10,12,15,17,22H,3-8,21H2. The van der Waals surface area contributed by atoms with Crippen molar-refractivity contribution in [2.75, 3.05) is 32.8 Å². The van der Waals surface area contributed by atoms with E-state index in [2.05, 4.69) is 10.2 Å². The first-order valence-electron chi connectivity index (χ1n) is 8.49. The number of benzene rings is 1. The summed E-state index contributed by atoms with van der Waals surface area (Å²) in [4.78, 5) is 2.40. The number of hydrogen-bond acceptors (Lipinski definition) is 4. The molecule has 4 nitrogen and oxygen atoms in total. The van der Waals surface area contributed by atoms with Crippen LogP contribution in [0, 0.1) is 29.3 Å². The second-order valence-corrected chi connectivity index (χ2v) is 7.23. The number of nitrogens with one attached hydrogen (secondary N) is 1. The van der Waals surface area contributed by atoms with Crippen molar-refractivity contribution in [3.8, 4) is 0 Å². The van der Waals surface area contributed by atoms with Gasteiger partial charge >= 0.3 is 0 Å². The monoisotopic (exact) mass is 341 g/mol. The minimum atomic E-state index is -1.21. The number of nitrogens with zero attached hydrogens (tertiary/aromatic N) is 1. The third-order valence-electron chi connectivity index (χ3n) is 5.66. The molecule has 0 aromatic heterocycles. The summed E-state index contributed by atoms with van der Waals surface area (Å²) in [6.07, 6.45) is -0.176. The number of rotatable bonds is 2. The van der Waals surface area contributed by atoms with Crippen LogP contribution in [0.3, 0.4) is 0 Å². The first kappa shape index (κ1) is 16.3. The number of nitrogens with two attached hydrogens (primary N) is 1. The molecule has 0 saturated carbocycles. The Kier molecular flexibility index (Phi) is 4.28. The molecule has 5 unspecified atom stereocenters. The molecule has 1 aromatic carbocycles. The van der Waals surface area contributed by atoms with E-state index in [0.29, 0.717) is 30.9 Å². The van der Waals surface area contributed by atoms with Gasteiger partial charge in [0.05, 0.1) is 6.61 Å². The van der Waals surface area contributed by atoms with Crippen molar-refractivity contribution in [1.82, 2.24) is 10.2 Å². The van der Waals surface area contributed by atoms with Crippen molar-refractivity contribution in [3.05, 3.63) is 35.1 Å². The first-order chi connectivity index (χ1) is 11.5. The van der Waals surface area contributed by atoms with E-state index in [1.165, 1.54) is 0 Å². The van der Waals surface area contributed by atoms with Gasteiger partial charge in [0.25, 0.3) is 0 Å². The van der Waals surface area contributed by atoms with Crippen molar-refractivity contribution in [1.29, 1.82) is 0 Å². The zero-order valence-electron chi connectivity index (χ0n) is 13.4. The highest BCUT2D eigenvalue weighted by Gasteiger charge is 2.42.